The second-order valence-electron chi connectivity index (χ2n) is 3.71. The highest BCUT2D eigenvalue weighted by atomic mass is 32.2. The van der Waals surface area contributed by atoms with Crippen LogP contribution in [-0.4, -0.2) is 38.4 Å². The van der Waals surface area contributed by atoms with Gasteiger partial charge in [0.15, 0.2) is 0 Å². The molecule has 0 saturated carbocycles. The molecule has 20 heavy (non-hydrogen) atoms. The fourth-order valence-electron chi connectivity index (χ4n) is 1.41. The molecule has 1 heterocycles. The maximum absolute atomic E-state index is 13.7. The summed E-state index contributed by atoms with van der Waals surface area (Å²) in [5.74, 6) is -0.460. The SMILES string of the molecule is C=CCNC(=O)CSc1nnnn1-c1ccccc1F. The number of hydrogen-bond donors (Lipinski definition) is 1. The summed E-state index contributed by atoms with van der Waals surface area (Å²) in [6.07, 6.45) is 1.59. The van der Waals surface area contributed by atoms with E-state index in [0.29, 0.717) is 11.7 Å². The summed E-state index contributed by atoms with van der Waals surface area (Å²) in [6, 6.07) is 6.15. The molecule has 1 aromatic carbocycles. The van der Waals surface area contributed by atoms with Gasteiger partial charge < -0.3 is 5.32 Å². The summed E-state index contributed by atoms with van der Waals surface area (Å²) in [7, 11) is 0. The summed E-state index contributed by atoms with van der Waals surface area (Å²) in [4.78, 5) is 11.5. The van der Waals surface area contributed by atoms with E-state index in [1.165, 1.54) is 10.7 Å². The minimum absolute atomic E-state index is 0.142. The second kappa shape index (κ2) is 6.80. The molecule has 0 fully saturated rings. The van der Waals surface area contributed by atoms with Gasteiger partial charge in [-0.15, -0.1) is 11.7 Å². The lowest BCUT2D eigenvalue weighted by atomic mass is 10.3. The van der Waals surface area contributed by atoms with Crippen molar-refractivity contribution in [2.75, 3.05) is 12.3 Å². The second-order valence-corrected chi connectivity index (χ2v) is 4.65. The molecule has 0 aliphatic rings. The quantitative estimate of drug-likeness (QED) is 0.640. The Bertz CT molecular complexity index is 615. The van der Waals surface area contributed by atoms with Crippen molar-refractivity contribution in [3.63, 3.8) is 0 Å². The van der Waals surface area contributed by atoms with Crippen molar-refractivity contribution >= 4 is 17.7 Å². The van der Waals surface area contributed by atoms with Crippen LogP contribution in [0.2, 0.25) is 0 Å². The van der Waals surface area contributed by atoms with Gasteiger partial charge in [0, 0.05) is 6.54 Å². The van der Waals surface area contributed by atoms with Gasteiger partial charge in [0.25, 0.3) is 0 Å². The Labute approximate surface area is 119 Å². The topological polar surface area (TPSA) is 72.7 Å². The number of tetrazole rings is 1. The van der Waals surface area contributed by atoms with Crippen molar-refractivity contribution in [2.24, 2.45) is 0 Å². The Balaban J connectivity index is 2.08. The van der Waals surface area contributed by atoms with Gasteiger partial charge >= 0.3 is 0 Å². The average Bonchev–Trinajstić information content (AvgIpc) is 2.91. The summed E-state index contributed by atoms with van der Waals surface area (Å²) in [5.41, 5.74) is 0.242. The first-order chi connectivity index (χ1) is 9.72. The van der Waals surface area contributed by atoms with Crippen LogP contribution in [-0.2, 0) is 4.79 Å². The molecule has 0 aliphatic heterocycles. The number of halogens is 1. The molecule has 0 radical (unpaired) electrons. The third kappa shape index (κ3) is 3.41. The number of carbonyl (C=O) groups is 1. The van der Waals surface area contributed by atoms with E-state index in [9.17, 15) is 9.18 Å². The molecule has 0 saturated heterocycles. The summed E-state index contributed by atoms with van der Waals surface area (Å²) in [6.45, 7) is 3.91. The zero-order chi connectivity index (χ0) is 14.4. The van der Waals surface area contributed by atoms with Crippen molar-refractivity contribution in [1.29, 1.82) is 0 Å². The van der Waals surface area contributed by atoms with Gasteiger partial charge in [-0.25, -0.2) is 4.39 Å². The number of para-hydroxylation sites is 1. The van der Waals surface area contributed by atoms with Crippen molar-refractivity contribution in [3.05, 3.63) is 42.7 Å². The fraction of sp³-hybridized carbons (Fsp3) is 0.167. The van der Waals surface area contributed by atoms with E-state index in [1.54, 1.807) is 24.3 Å². The molecule has 104 valence electrons. The molecule has 0 bridgehead atoms. The van der Waals surface area contributed by atoms with E-state index >= 15 is 0 Å². The molecule has 2 rings (SSSR count). The number of aromatic nitrogens is 4. The lowest BCUT2D eigenvalue weighted by Gasteiger charge is -2.05. The Morgan fingerprint density at radius 3 is 3.05 bits per heavy atom. The third-order valence-electron chi connectivity index (χ3n) is 2.30. The molecule has 0 atom stereocenters. The van der Waals surface area contributed by atoms with Crippen molar-refractivity contribution in [2.45, 2.75) is 5.16 Å². The number of nitrogens with zero attached hydrogens (tertiary/aromatic N) is 4. The molecule has 1 amide bonds. The molecular formula is C12H12FN5OS. The van der Waals surface area contributed by atoms with Gasteiger partial charge in [-0.3, -0.25) is 4.79 Å². The van der Waals surface area contributed by atoms with E-state index < -0.39 is 5.82 Å². The highest BCUT2D eigenvalue weighted by Gasteiger charge is 2.13. The number of nitrogens with one attached hydrogen (secondary N) is 1. The maximum Gasteiger partial charge on any atom is 0.230 e. The van der Waals surface area contributed by atoms with Gasteiger partial charge in [0.2, 0.25) is 11.1 Å². The number of thioether (sulfide) groups is 1. The van der Waals surface area contributed by atoms with Crippen molar-refractivity contribution in [3.8, 4) is 5.69 Å². The van der Waals surface area contributed by atoms with Crippen LogP contribution >= 0.6 is 11.8 Å². The lowest BCUT2D eigenvalue weighted by molar-refractivity contribution is -0.118. The predicted molar refractivity (Wildman–Crippen MR) is 73.0 cm³/mol. The summed E-state index contributed by atoms with van der Waals surface area (Å²) >= 11 is 1.13. The van der Waals surface area contributed by atoms with Gasteiger partial charge in [0.1, 0.15) is 11.5 Å². The molecule has 6 nitrogen and oxygen atoms in total. The van der Waals surface area contributed by atoms with E-state index in [0.717, 1.165) is 11.8 Å². The Morgan fingerprint density at radius 1 is 1.50 bits per heavy atom. The third-order valence-corrected chi connectivity index (χ3v) is 3.22. The number of rotatable bonds is 6. The first kappa shape index (κ1) is 14.2. The normalized spacial score (nSPS) is 10.2. The zero-order valence-corrected chi connectivity index (χ0v) is 11.3. The lowest BCUT2D eigenvalue weighted by Crippen LogP contribution is -2.25. The molecule has 2 aromatic rings. The fourth-order valence-corrected chi connectivity index (χ4v) is 2.12. The maximum atomic E-state index is 13.7. The van der Waals surface area contributed by atoms with Crippen LogP contribution in [0.5, 0.6) is 0 Å². The smallest absolute Gasteiger partial charge is 0.230 e. The van der Waals surface area contributed by atoms with Gasteiger partial charge in [-0.05, 0) is 22.6 Å². The molecule has 1 aromatic heterocycles. The monoisotopic (exact) mass is 293 g/mol. The molecule has 0 spiro atoms. The van der Waals surface area contributed by atoms with Crippen LogP contribution in [0.4, 0.5) is 4.39 Å². The van der Waals surface area contributed by atoms with Gasteiger partial charge in [0.05, 0.1) is 5.75 Å². The van der Waals surface area contributed by atoms with E-state index in [4.69, 9.17) is 0 Å². The van der Waals surface area contributed by atoms with Crippen LogP contribution < -0.4 is 5.32 Å². The molecule has 8 heteroatoms. The minimum Gasteiger partial charge on any atom is -0.352 e. The van der Waals surface area contributed by atoms with Crippen molar-refractivity contribution in [1.82, 2.24) is 25.5 Å². The van der Waals surface area contributed by atoms with Crippen LogP contribution in [0, 0.1) is 5.82 Å². The minimum atomic E-state index is -0.433. The number of benzene rings is 1. The van der Waals surface area contributed by atoms with Crippen LogP contribution in [0.3, 0.4) is 0 Å². The van der Waals surface area contributed by atoms with Crippen LogP contribution in [0.1, 0.15) is 0 Å². The molecule has 0 unspecified atom stereocenters. The van der Waals surface area contributed by atoms with Gasteiger partial charge in [-0.2, -0.15) is 4.68 Å². The highest BCUT2D eigenvalue weighted by molar-refractivity contribution is 7.99. The first-order valence-electron chi connectivity index (χ1n) is 5.76. The standard InChI is InChI=1S/C12H12FN5OS/c1-2-7-14-11(19)8-20-12-15-16-17-18(12)10-6-4-3-5-9(10)13/h2-6H,1,7-8H2,(H,14,19). The van der Waals surface area contributed by atoms with E-state index in [2.05, 4.69) is 27.4 Å². The first-order valence-corrected chi connectivity index (χ1v) is 6.74. The Hall–Kier alpha value is -2.22. The summed E-state index contributed by atoms with van der Waals surface area (Å²) < 4.78 is 14.9. The highest BCUT2D eigenvalue weighted by Crippen LogP contribution is 2.19. The largest absolute Gasteiger partial charge is 0.352 e. The average molecular weight is 293 g/mol. The van der Waals surface area contributed by atoms with Crippen molar-refractivity contribution < 1.29 is 9.18 Å². The molecule has 0 aliphatic carbocycles. The van der Waals surface area contributed by atoms with Crippen LogP contribution in [0.15, 0.2) is 42.1 Å². The number of hydrogen-bond acceptors (Lipinski definition) is 5. The summed E-state index contributed by atoms with van der Waals surface area (Å²) in [5, 5.41) is 14.0. The molecular weight excluding hydrogens is 281 g/mol. The molecule has 1 N–H and O–H groups in total. The predicted octanol–water partition coefficient (Wildman–Crippen LogP) is 1.20. The number of amides is 1. The Morgan fingerprint density at radius 2 is 2.30 bits per heavy atom. The van der Waals surface area contributed by atoms with E-state index in [1.807, 2.05) is 0 Å². The number of carbonyl (C=O) groups excluding carboxylic acids is 1. The van der Waals surface area contributed by atoms with Crippen LogP contribution in [0.25, 0.3) is 5.69 Å². The Kier molecular flexibility index (Phi) is 4.83. The zero-order valence-electron chi connectivity index (χ0n) is 10.5. The van der Waals surface area contributed by atoms with Gasteiger partial charge in [-0.1, -0.05) is 30.0 Å². The van der Waals surface area contributed by atoms with E-state index in [-0.39, 0.29) is 17.3 Å².